The van der Waals surface area contributed by atoms with Crippen molar-refractivity contribution in [3.8, 4) is 5.75 Å². The number of benzene rings is 1. The van der Waals surface area contributed by atoms with E-state index >= 15 is 0 Å². The molecule has 19 heavy (non-hydrogen) atoms. The molecule has 0 bridgehead atoms. The molecule has 0 atom stereocenters. The van der Waals surface area contributed by atoms with E-state index in [0.717, 1.165) is 0 Å². The van der Waals surface area contributed by atoms with Crippen molar-refractivity contribution < 1.29 is 13.2 Å². The Morgan fingerprint density at radius 1 is 1.42 bits per heavy atom. The first-order valence-electron chi connectivity index (χ1n) is 5.62. The van der Waals surface area contributed by atoms with Crippen molar-refractivity contribution in [1.29, 1.82) is 0 Å². The van der Waals surface area contributed by atoms with Crippen LogP contribution in [0.4, 0.5) is 0 Å². The van der Waals surface area contributed by atoms with E-state index in [1.165, 1.54) is 35.6 Å². The predicted molar refractivity (Wildman–Crippen MR) is 74.9 cm³/mol. The van der Waals surface area contributed by atoms with Crippen LogP contribution < -0.4 is 4.74 Å². The SMILES string of the molecule is CCc1nccn1S(=O)(=O)c1ccc(Br)c(OC)c1. The van der Waals surface area contributed by atoms with Crippen LogP contribution >= 0.6 is 15.9 Å². The number of aromatic nitrogens is 2. The van der Waals surface area contributed by atoms with Crippen LogP contribution in [0.5, 0.6) is 5.75 Å². The lowest BCUT2D eigenvalue weighted by atomic mass is 10.3. The summed E-state index contributed by atoms with van der Waals surface area (Å²) in [4.78, 5) is 4.20. The Balaban J connectivity index is 2.57. The average molecular weight is 345 g/mol. The predicted octanol–water partition coefficient (Wildman–Crippen LogP) is 2.45. The Hall–Kier alpha value is -1.34. The fourth-order valence-corrected chi connectivity index (χ4v) is 3.50. The summed E-state index contributed by atoms with van der Waals surface area (Å²) in [7, 11) is -2.14. The van der Waals surface area contributed by atoms with Crippen LogP contribution in [-0.4, -0.2) is 24.5 Å². The maximum atomic E-state index is 12.5. The van der Waals surface area contributed by atoms with E-state index in [1.807, 2.05) is 6.92 Å². The highest BCUT2D eigenvalue weighted by Gasteiger charge is 2.20. The first-order valence-corrected chi connectivity index (χ1v) is 7.85. The van der Waals surface area contributed by atoms with Crippen LogP contribution in [0.3, 0.4) is 0 Å². The number of nitrogens with zero attached hydrogens (tertiary/aromatic N) is 2. The topological polar surface area (TPSA) is 61.2 Å². The molecule has 0 fully saturated rings. The van der Waals surface area contributed by atoms with Crippen LogP contribution in [-0.2, 0) is 16.4 Å². The maximum Gasteiger partial charge on any atom is 0.269 e. The first-order chi connectivity index (χ1) is 9.00. The molecule has 2 rings (SSSR count). The molecule has 1 heterocycles. The minimum Gasteiger partial charge on any atom is -0.496 e. The summed E-state index contributed by atoms with van der Waals surface area (Å²) in [6.45, 7) is 1.86. The maximum absolute atomic E-state index is 12.5. The lowest BCUT2D eigenvalue weighted by molar-refractivity contribution is 0.410. The number of rotatable bonds is 4. The number of methoxy groups -OCH3 is 1. The van der Waals surface area contributed by atoms with E-state index in [2.05, 4.69) is 20.9 Å². The van der Waals surface area contributed by atoms with Crippen molar-refractivity contribution in [2.24, 2.45) is 0 Å². The van der Waals surface area contributed by atoms with E-state index in [9.17, 15) is 8.42 Å². The molecule has 0 aliphatic carbocycles. The molecule has 1 aromatic heterocycles. The van der Waals surface area contributed by atoms with Crippen molar-refractivity contribution in [3.63, 3.8) is 0 Å². The molecule has 0 aliphatic heterocycles. The summed E-state index contributed by atoms with van der Waals surface area (Å²) in [6.07, 6.45) is 3.47. The van der Waals surface area contributed by atoms with E-state index < -0.39 is 10.0 Å². The van der Waals surface area contributed by atoms with Crippen LogP contribution in [0.1, 0.15) is 12.7 Å². The van der Waals surface area contributed by atoms with Crippen molar-refractivity contribution in [2.45, 2.75) is 18.2 Å². The summed E-state index contributed by atoms with van der Waals surface area (Å²) in [5.74, 6) is 0.973. The summed E-state index contributed by atoms with van der Waals surface area (Å²) < 4.78 is 32.0. The molecule has 102 valence electrons. The summed E-state index contributed by atoms with van der Waals surface area (Å²) in [5.41, 5.74) is 0. The molecule has 0 unspecified atom stereocenters. The molecule has 0 saturated heterocycles. The van der Waals surface area contributed by atoms with Gasteiger partial charge < -0.3 is 4.74 Å². The highest BCUT2D eigenvalue weighted by Crippen LogP contribution is 2.28. The van der Waals surface area contributed by atoms with Gasteiger partial charge in [0, 0.05) is 24.9 Å². The van der Waals surface area contributed by atoms with Gasteiger partial charge in [-0.15, -0.1) is 0 Å². The van der Waals surface area contributed by atoms with Crippen LogP contribution in [0.2, 0.25) is 0 Å². The number of imidazole rings is 1. The molecule has 0 aliphatic rings. The number of ether oxygens (including phenoxy) is 1. The molecular formula is C12H13BrN2O3S. The molecule has 1 aromatic carbocycles. The summed E-state index contributed by atoms with van der Waals surface area (Å²) in [5, 5.41) is 0. The zero-order valence-corrected chi connectivity index (χ0v) is 12.9. The Morgan fingerprint density at radius 2 is 2.16 bits per heavy atom. The van der Waals surface area contributed by atoms with Gasteiger partial charge in [0.15, 0.2) is 0 Å². The Kier molecular flexibility index (Phi) is 3.96. The second-order valence-electron chi connectivity index (χ2n) is 3.79. The third kappa shape index (κ3) is 2.52. The van der Waals surface area contributed by atoms with Gasteiger partial charge in [0.1, 0.15) is 11.6 Å². The zero-order valence-electron chi connectivity index (χ0n) is 10.5. The van der Waals surface area contributed by atoms with E-state index in [0.29, 0.717) is 22.5 Å². The van der Waals surface area contributed by atoms with E-state index in [1.54, 1.807) is 6.07 Å². The molecule has 0 spiro atoms. The minimum atomic E-state index is -3.63. The fraction of sp³-hybridized carbons (Fsp3) is 0.250. The van der Waals surface area contributed by atoms with Crippen LogP contribution in [0.15, 0.2) is 40.0 Å². The number of aryl methyl sites for hydroxylation is 1. The second-order valence-corrected chi connectivity index (χ2v) is 6.46. The second kappa shape index (κ2) is 5.34. The fourth-order valence-electron chi connectivity index (χ4n) is 1.70. The standard InChI is InChI=1S/C12H13BrN2O3S/c1-3-12-14-6-7-15(12)19(16,17)9-4-5-10(13)11(8-9)18-2/h4-8H,3H2,1-2H3. The van der Waals surface area contributed by atoms with Gasteiger partial charge in [-0.3, -0.25) is 0 Å². The highest BCUT2D eigenvalue weighted by atomic mass is 79.9. The molecule has 7 heteroatoms. The third-order valence-corrected chi connectivity index (χ3v) is 5.03. The number of hydrogen-bond donors (Lipinski definition) is 0. The molecule has 0 amide bonds. The largest absolute Gasteiger partial charge is 0.496 e. The number of hydrogen-bond acceptors (Lipinski definition) is 4. The first kappa shape index (κ1) is 14.1. The van der Waals surface area contributed by atoms with Gasteiger partial charge in [0.25, 0.3) is 10.0 Å². The molecule has 0 radical (unpaired) electrons. The van der Waals surface area contributed by atoms with Crippen molar-refractivity contribution in [3.05, 3.63) is 40.9 Å². The lowest BCUT2D eigenvalue weighted by Gasteiger charge is -2.10. The van der Waals surface area contributed by atoms with Crippen molar-refractivity contribution in [2.75, 3.05) is 7.11 Å². The molecule has 5 nitrogen and oxygen atoms in total. The van der Waals surface area contributed by atoms with Crippen LogP contribution in [0.25, 0.3) is 0 Å². The monoisotopic (exact) mass is 344 g/mol. The van der Waals surface area contributed by atoms with Gasteiger partial charge in [0.05, 0.1) is 16.5 Å². The quantitative estimate of drug-likeness (QED) is 0.854. The molecular weight excluding hydrogens is 332 g/mol. The van der Waals surface area contributed by atoms with Gasteiger partial charge in [-0.1, -0.05) is 6.92 Å². The van der Waals surface area contributed by atoms with Gasteiger partial charge in [0.2, 0.25) is 0 Å². The van der Waals surface area contributed by atoms with Crippen molar-refractivity contribution >= 4 is 26.0 Å². The number of halogens is 1. The summed E-state index contributed by atoms with van der Waals surface area (Å²) >= 11 is 3.30. The van der Waals surface area contributed by atoms with Gasteiger partial charge in [-0.25, -0.2) is 17.4 Å². The van der Waals surface area contributed by atoms with Gasteiger partial charge in [-0.2, -0.15) is 0 Å². The van der Waals surface area contributed by atoms with E-state index in [4.69, 9.17) is 4.74 Å². The highest BCUT2D eigenvalue weighted by molar-refractivity contribution is 9.10. The Bertz CT molecular complexity index is 695. The van der Waals surface area contributed by atoms with Gasteiger partial charge >= 0.3 is 0 Å². The normalized spacial score (nSPS) is 11.5. The molecule has 0 saturated carbocycles. The lowest BCUT2D eigenvalue weighted by Crippen LogP contribution is -2.15. The Morgan fingerprint density at radius 3 is 2.79 bits per heavy atom. The van der Waals surface area contributed by atoms with Crippen LogP contribution in [0, 0.1) is 0 Å². The zero-order chi connectivity index (χ0) is 14.0. The molecule has 2 aromatic rings. The van der Waals surface area contributed by atoms with Crippen molar-refractivity contribution in [1.82, 2.24) is 8.96 Å². The van der Waals surface area contributed by atoms with E-state index in [-0.39, 0.29) is 4.90 Å². The Labute approximate surface area is 120 Å². The van der Waals surface area contributed by atoms with Gasteiger partial charge in [-0.05, 0) is 28.1 Å². The average Bonchev–Trinajstić information content (AvgIpc) is 2.88. The summed E-state index contributed by atoms with van der Waals surface area (Å²) in [6, 6.07) is 4.66. The minimum absolute atomic E-state index is 0.167. The third-order valence-electron chi connectivity index (χ3n) is 2.68. The molecule has 0 N–H and O–H groups in total. The smallest absolute Gasteiger partial charge is 0.269 e.